The highest BCUT2D eigenvalue weighted by atomic mass is 16.3. The first-order chi connectivity index (χ1) is 5.50. The molecule has 0 aliphatic carbocycles. The lowest BCUT2D eigenvalue weighted by molar-refractivity contribution is 0.567. The molecular weight excluding hydrogens is 136 g/mol. The summed E-state index contributed by atoms with van der Waals surface area (Å²) < 4.78 is 4.58. The van der Waals surface area contributed by atoms with Gasteiger partial charge in [-0.1, -0.05) is 41.5 Å². The molecule has 0 unspecified atom stereocenters. The molecule has 68 valence electrons. The van der Waals surface area contributed by atoms with E-state index in [2.05, 4.69) is 4.42 Å². The van der Waals surface area contributed by atoms with Crippen LogP contribution in [-0.4, -0.2) is 0 Å². The topological polar surface area (TPSA) is 13.1 Å². The fourth-order valence-electron chi connectivity index (χ4n) is 0.227. The molecule has 0 N–H and O–H groups in total. The molecule has 0 amide bonds. The highest BCUT2D eigenvalue weighted by Crippen LogP contribution is 1.79. The van der Waals surface area contributed by atoms with Crippen LogP contribution in [0.3, 0.4) is 0 Å². The van der Waals surface area contributed by atoms with Gasteiger partial charge in [0.2, 0.25) is 0 Å². The largest absolute Gasteiger partial charge is 0.473 e. The molecule has 0 aliphatic rings. The summed E-state index contributed by atoms with van der Waals surface area (Å²) in [6, 6.07) is 3.67. The monoisotopic (exact) mass is 158 g/mol. The third-order valence-electron chi connectivity index (χ3n) is 0.425. The molecule has 1 nitrogen and oxygen atoms in total. The van der Waals surface area contributed by atoms with Crippen LogP contribution < -0.4 is 0 Å². The molecule has 1 heterocycles. The molecule has 0 fully saturated rings. The molecule has 0 saturated carbocycles. The Hall–Kier alpha value is -0.720. The van der Waals surface area contributed by atoms with Gasteiger partial charge in [0, 0.05) is 0 Å². The standard InChI is InChI=1S/C4H4O.3C2H6/c1-2-4-5-3-1;3*1-2/h1-4H;3*1-2H3. The minimum atomic E-state index is 1.62. The van der Waals surface area contributed by atoms with E-state index >= 15 is 0 Å². The van der Waals surface area contributed by atoms with Crippen molar-refractivity contribution in [1.29, 1.82) is 0 Å². The van der Waals surface area contributed by atoms with Gasteiger partial charge in [-0.15, -0.1) is 0 Å². The second kappa shape index (κ2) is 34.7. The zero-order chi connectivity index (χ0) is 9.54. The second-order valence-corrected chi connectivity index (χ2v) is 0.793. The molecule has 0 spiro atoms. The Balaban J connectivity index is -0.0000000933. The summed E-state index contributed by atoms with van der Waals surface area (Å²) in [5.74, 6) is 0. The molecule has 1 aromatic rings. The lowest BCUT2D eigenvalue weighted by atomic mass is 10.7. The minimum Gasteiger partial charge on any atom is -0.473 e. The molecule has 0 bridgehead atoms. The van der Waals surface area contributed by atoms with Crippen molar-refractivity contribution in [2.45, 2.75) is 41.5 Å². The Morgan fingerprint density at radius 1 is 0.636 bits per heavy atom. The van der Waals surface area contributed by atoms with Crippen molar-refractivity contribution in [2.24, 2.45) is 0 Å². The zero-order valence-electron chi connectivity index (χ0n) is 8.72. The first kappa shape index (κ1) is 16.7. The van der Waals surface area contributed by atoms with E-state index in [9.17, 15) is 0 Å². The first-order valence-electron chi connectivity index (χ1n) is 4.47. The summed E-state index contributed by atoms with van der Waals surface area (Å²) >= 11 is 0. The quantitative estimate of drug-likeness (QED) is 0.547. The van der Waals surface area contributed by atoms with Crippen molar-refractivity contribution < 1.29 is 4.42 Å². The van der Waals surface area contributed by atoms with Gasteiger partial charge in [0.15, 0.2) is 0 Å². The highest BCUT2D eigenvalue weighted by molar-refractivity contribution is 4.79. The molecule has 0 atom stereocenters. The molecule has 0 aromatic carbocycles. The van der Waals surface area contributed by atoms with Gasteiger partial charge < -0.3 is 4.42 Å². The van der Waals surface area contributed by atoms with E-state index in [4.69, 9.17) is 0 Å². The Bertz CT molecular complexity index is 61.3. The number of furan rings is 1. The summed E-state index contributed by atoms with van der Waals surface area (Å²) in [6.45, 7) is 12.0. The van der Waals surface area contributed by atoms with Gasteiger partial charge in [0.05, 0.1) is 12.5 Å². The van der Waals surface area contributed by atoms with Crippen LogP contribution in [0, 0.1) is 0 Å². The van der Waals surface area contributed by atoms with E-state index in [-0.39, 0.29) is 0 Å². The number of hydrogen-bond acceptors (Lipinski definition) is 1. The fourth-order valence-corrected chi connectivity index (χ4v) is 0.227. The average Bonchev–Trinajstić information content (AvgIpc) is 2.71. The molecule has 1 heteroatoms. The van der Waals surface area contributed by atoms with Crippen LogP contribution in [0.4, 0.5) is 0 Å². The Labute approximate surface area is 71.4 Å². The van der Waals surface area contributed by atoms with Crippen LogP contribution in [0.2, 0.25) is 0 Å². The Morgan fingerprint density at radius 2 is 0.909 bits per heavy atom. The van der Waals surface area contributed by atoms with Crippen molar-refractivity contribution in [2.75, 3.05) is 0 Å². The van der Waals surface area contributed by atoms with Crippen LogP contribution in [0.15, 0.2) is 29.1 Å². The molecular formula is C10H22O. The van der Waals surface area contributed by atoms with Crippen molar-refractivity contribution in [3.63, 3.8) is 0 Å². The third kappa shape index (κ3) is 26.8. The normalized spacial score (nSPS) is 5.27. The van der Waals surface area contributed by atoms with Gasteiger partial charge in [-0.3, -0.25) is 0 Å². The van der Waals surface area contributed by atoms with Gasteiger partial charge in [0.1, 0.15) is 0 Å². The summed E-state index contributed by atoms with van der Waals surface area (Å²) in [5.41, 5.74) is 0. The second-order valence-electron chi connectivity index (χ2n) is 0.793. The van der Waals surface area contributed by atoms with Gasteiger partial charge in [-0.2, -0.15) is 0 Å². The maximum Gasteiger partial charge on any atom is 0.0902 e. The lowest BCUT2D eigenvalue weighted by Gasteiger charge is -1.50. The molecule has 1 rings (SSSR count). The van der Waals surface area contributed by atoms with E-state index < -0.39 is 0 Å². The highest BCUT2D eigenvalue weighted by Gasteiger charge is 1.58. The van der Waals surface area contributed by atoms with E-state index in [0.29, 0.717) is 0 Å². The maximum atomic E-state index is 4.58. The van der Waals surface area contributed by atoms with E-state index in [1.165, 1.54) is 0 Å². The first-order valence-corrected chi connectivity index (χ1v) is 4.47. The molecule has 0 radical (unpaired) electrons. The Kier molecular flexibility index (Phi) is 52.7. The summed E-state index contributed by atoms with van der Waals surface area (Å²) in [6.07, 6.45) is 3.25. The van der Waals surface area contributed by atoms with Crippen LogP contribution in [-0.2, 0) is 0 Å². The molecule has 0 saturated heterocycles. The van der Waals surface area contributed by atoms with Gasteiger partial charge >= 0.3 is 0 Å². The number of rotatable bonds is 0. The Morgan fingerprint density at radius 3 is 1.00 bits per heavy atom. The number of hydrogen-bond donors (Lipinski definition) is 0. The van der Waals surface area contributed by atoms with Gasteiger partial charge in [-0.05, 0) is 12.1 Å². The van der Waals surface area contributed by atoms with Crippen LogP contribution >= 0.6 is 0 Å². The third-order valence-corrected chi connectivity index (χ3v) is 0.425. The average molecular weight is 158 g/mol. The van der Waals surface area contributed by atoms with Crippen LogP contribution in [0.25, 0.3) is 0 Å². The smallest absolute Gasteiger partial charge is 0.0902 e. The lowest BCUT2D eigenvalue weighted by Crippen LogP contribution is -1.16. The van der Waals surface area contributed by atoms with Crippen LogP contribution in [0.1, 0.15) is 41.5 Å². The zero-order valence-corrected chi connectivity index (χ0v) is 8.72. The SMILES string of the molecule is CC.CC.CC.c1ccoc1. The summed E-state index contributed by atoms with van der Waals surface area (Å²) in [7, 11) is 0. The van der Waals surface area contributed by atoms with E-state index in [1.807, 2.05) is 53.7 Å². The van der Waals surface area contributed by atoms with Crippen LogP contribution in [0.5, 0.6) is 0 Å². The summed E-state index contributed by atoms with van der Waals surface area (Å²) in [5, 5.41) is 0. The summed E-state index contributed by atoms with van der Waals surface area (Å²) in [4.78, 5) is 0. The fraction of sp³-hybridized carbons (Fsp3) is 0.600. The van der Waals surface area contributed by atoms with Crippen molar-refractivity contribution in [3.8, 4) is 0 Å². The predicted octanol–water partition coefficient (Wildman–Crippen LogP) is 4.36. The van der Waals surface area contributed by atoms with Crippen molar-refractivity contribution in [1.82, 2.24) is 0 Å². The van der Waals surface area contributed by atoms with E-state index in [0.717, 1.165) is 0 Å². The molecule has 1 aromatic heterocycles. The molecule has 0 aliphatic heterocycles. The van der Waals surface area contributed by atoms with Crippen molar-refractivity contribution >= 4 is 0 Å². The maximum absolute atomic E-state index is 4.58. The van der Waals surface area contributed by atoms with Gasteiger partial charge in [0.25, 0.3) is 0 Å². The van der Waals surface area contributed by atoms with Crippen molar-refractivity contribution in [3.05, 3.63) is 24.7 Å². The molecule has 11 heavy (non-hydrogen) atoms. The van der Waals surface area contributed by atoms with Gasteiger partial charge in [-0.25, -0.2) is 0 Å². The van der Waals surface area contributed by atoms with E-state index in [1.54, 1.807) is 12.5 Å². The minimum absolute atomic E-state index is 1.62. The predicted molar refractivity (Wildman–Crippen MR) is 52.8 cm³/mol.